The summed E-state index contributed by atoms with van der Waals surface area (Å²) in [6, 6.07) is 16.4. The van der Waals surface area contributed by atoms with E-state index >= 15 is 0 Å². The molecule has 1 heterocycles. The zero-order valence-corrected chi connectivity index (χ0v) is 14.7. The van der Waals surface area contributed by atoms with Gasteiger partial charge in [0.2, 0.25) is 0 Å². The molecule has 0 radical (unpaired) electrons. The Hall–Kier alpha value is -1.87. The number of nitrogens with zero attached hydrogens (tertiary/aromatic N) is 2. The van der Waals surface area contributed by atoms with Gasteiger partial charge < -0.3 is 4.90 Å². The maximum atomic E-state index is 13.0. The van der Waals surface area contributed by atoms with Crippen molar-refractivity contribution in [2.45, 2.75) is 38.8 Å². The van der Waals surface area contributed by atoms with E-state index in [0.29, 0.717) is 6.04 Å². The minimum atomic E-state index is -0.163. The third-order valence-electron chi connectivity index (χ3n) is 5.14. The molecule has 0 aromatic heterocycles. The lowest BCUT2D eigenvalue weighted by Crippen LogP contribution is -2.43. The molecule has 24 heavy (non-hydrogen) atoms. The molecule has 2 nitrogen and oxygen atoms in total. The second kappa shape index (κ2) is 7.80. The molecule has 0 spiro atoms. The topological polar surface area (TPSA) is 6.48 Å². The number of hydrogen-bond donors (Lipinski definition) is 0. The summed E-state index contributed by atoms with van der Waals surface area (Å²) in [5.41, 5.74) is 3.91. The first-order chi connectivity index (χ1) is 11.7. The molecule has 1 aliphatic heterocycles. The van der Waals surface area contributed by atoms with E-state index in [0.717, 1.165) is 26.1 Å². The summed E-state index contributed by atoms with van der Waals surface area (Å²) in [5, 5.41) is 0. The van der Waals surface area contributed by atoms with Gasteiger partial charge in [0.15, 0.2) is 0 Å². The largest absolute Gasteiger partial charge is 0.371 e. The summed E-state index contributed by atoms with van der Waals surface area (Å²) in [6.45, 7) is 5.28. The van der Waals surface area contributed by atoms with E-state index in [1.54, 1.807) is 12.1 Å². The lowest BCUT2D eigenvalue weighted by molar-refractivity contribution is 0.200. The van der Waals surface area contributed by atoms with Crippen LogP contribution in [0.1, 0.15) is 30.9 Å². The Bertz CT molecular complexity index is 628. The van der Waals surface area contributed by atoms with Crippen LogP contribution in [-0.4, -0.2) is 31.1 Å². The fraction of sp³-hybridized carbons (Fsp3) is 0.429. The fourth-order valence-electron chi connectivity index (χ4n) is 3.51. The van der Waals surface area contributed by atoms with Crippen LogP contribution in [0.4, 0.5) is 10.1 Å². The fourth-order valence-corrected chi connectivity index (χ4v) is 3.51. The van der Waals surface area contributed by atoms with Crippen molar-refractivity contribution in [2.24, 2.45) is 0 Å². The van der Waals surface area contributed by atoms with Crippen LogP contribution in [0, 0.1) is 5.82 Å². The number of aryl methyl sites for hydroxylation is 1. The number of benzene rings is 2. The number of anilines is 1. The van der Waals surface area contributed by atoms with E-state index in [4.69, 9.17) is 0 Å². The highest BCUT2D eigenvalue weighted by Gasteiger charge is 2.22. The summed E-state index contributed by atoms with van der Waals surface area (Å²) >= 11 is 0. The first-order valence-corrected chi connectivity index (χ1v) is 8.94. The Morgan fingerprint density at radius 1 is 0.958 bits per heavy atom. The Morgan fingerprint density at radius 3 is 2.12 bits per heavy atom. The van der Waals surface area contributed by atoms with E-state index < -0.39 is 0 Å². The van der Waals surface area contributed by atoms with Crippen LogP contribution in [0.5, 0.6) is 0 Å². The summed E-state index contributed by atoms with van der Waals surface area (Å²) in [7, 11) is 2.18. The summed E-state index contributed by atoms with van der Waals surface area (Å²) in [4.78, 5) is 4.90. The van der Waals surface area contributed by atoms with Gasteiger partial charge in [-0.3, -0.25) is 4.90 Å². The predicted molar refractivity (Wildman–Crippen MR) is 98.9 cm³/mol. The number of hydrogen-bond acceptors (Lipinski definition) is 2. The van der Waals surface area contributed by atoms with E-state index in [1.807, 2.05) is 12.1 Å². The van der Waals surface area contributed by atoms with Crippen molar-refractivity contribution in [3.8, 4) is 0 Å². The standard InChI is InChI=1S/C21H27FN2/c1-3-17-6-10-21(11-7-17)24-14-12-20(13-15-24)23(2)16-18-4-8-19(22)9-5-18/h4-11,20H,3,12-16H2,1-2H3. The van der Waals surface area contributed by atoms with Crippen LogP contribution in [0.15, 0.2) is 48.5 Å². The quantitative estimate of drug-likeness (QED) is 0.799. The molecule has 2 aromatic carbocycles. The third-order valence-corrected chi connectivity index (χ3v) is 5.14. The highest BCUT2D eigenvalue weighted by atomic mass is 19.1. The lowest BCUT2D eigenvalue weighted by Gasteiger charge is -2.38. The van der Waals surface area contributed by atoms with E-state index in [-0.39, 0.29) is 5.82 Å². The zero-order valence-electron chi connectivity index (χ0n) is 14.7. The third kappa shape index (κ3) is 4.15. The minimum absolute atomic E-state index is 0.163. The summed E-state index contributed by atoms with van der Waals surface area (Å²) in [6.07, 6.45) is 3.44. The smallest absolute Gasteiger partial charge is 0.123 e. The van der Waals surface area contributed by atoms with E-state index in [1.165, 1.54) is 29.7 Å². The van der Waals surface area contributed by atoms with Gasteiger partial charge in [0.1, 0.15) is 5.82 Å². The minimum Gasteiger partial charge on any atom is -0.371 e. The normalized spacial score (nSPS) is 15.9. The molecule has 128 valence electrons. The van der Waals surface area contributed by atoms with Gasteiger partial charge >= 0.3 is 0 Å². The van der Waals surface area contributed by atoms with Gasteiger partial charge in [-0.2, -0.15) is 0 Å². The monoisotopic (exact) mass is 326 g/mol. The summed E-state index contributed by atoms with van der Waals surface area (Å²) < 4.78 is 13.0. The molecular weight excluding hydrogens is 299 g/mol. The van der Waals surface area contributed by atoms with Crippen LogP contribution in [0.2, 0.25) is 0 Å². The Kier molecular flexibility index (Phi) is 5.52. The highest BCUT2D eigenvalue weighted by molar-refractivity contribution is 5.48. The van der Waals surface area contributed by atoms with Crippen LogP contribution in [-0.2, 0) is 13.0 Å². The molecule has 3 rings (SSSR count). The van der Waals surface area contributed by atoms with Gasteiger partial charge in [-0.25, -0.2) is 4.39 Å². The maximum absolute atomic E-state index is 13.0. The first kappa shape index (κ1) is 17.0. The average Bonchev–Trinajstić information content (AvgIpc) is 2.64. The van der Waals surface area contributed by atoms with Crippen molar-refractivity contribution in [2.75, 3.05) is 25.0 Å². The molecule has 1 aliphatic rings. The lowest BCUT2D eigenvalue weighted by atomic mass is 10.0. The zero-order chi connectivity index (χ0) is 16.9. The van der Waals surface area contributed by atoms with Crippen LogP contribution in [0.25, 0.3) is 0 Å². The van der Waals surface area contributed by atoms with Gasteiger partial charge in [-0.05, 0) is 61.7 Å². The van der Waals surface area contributed by atoms with Crippen LogP contribution < -0.4 is 4.90 Å². The van der Waals surface area contributed by atoms with Crippen LogP contribution >= 0.6 is 0 Å². The molecule has 0 bridgehead atoms. The van der Waals surface area contributed by atoms with Crippen molar-refractivity contribution in [3.05, 3.63) is 65.5 Å². The molecule has 0 atom stereocenters. The van der Waals surface area contributed by atoms with E-state index in [9.17, 15) is 4.39 Å². The van der Waals surface area contributed by atoms with Gasteiger partial charge in [-0.1, -0.05) is 31.2 Å². The van der Waals surface area contributed by atoms with E-state index in [2.05, 4.69) is 48.0 Å². The Labute approximate surface area is 144 Å². The Balaban J connectivity index is 1.53. The van der Waals surface area contributed by atoms with Crippen molar-refractivity contribution >= 4 is 5.69 Å². The molecule has 0 N–H and O–H groups in total. The van der Waals surface area contributed by atoms with Crippen LogP contribution in [0.3, 0.4) is 0 Å². The number of rotatable bonds is 5. The molecular formula is C21H27FN2. The van der Waals surface area contributed by atoms with Crippen molar-refractivity contribution in [3.63, 3.8) is 0 Å². The van der Waals surface area contributed by atoms with Gasteiger partial charge in [0.05, 0.1) is 0 Å². The molecule has 0 saturated carbocycles. The molecule has 0 aliphatic carbocycles. The molecule has 2 aromatic rings. The summed E-state index contributed by atoms with van der Waals surface area (Å²) in [5.74, 6) is -0.163. The molecule has 1 saturated heterocycles. The average molecular weight is 326 g/mol. The second-order valence-electron chi connectivity index (χ2n) is 6.78. The van der Waals surface area contributed by atoms with Crippen molar-refractivity contribution in [1.82, 2.24) is 4.90 Å². The first-order valence-electron chi connectivity index (χ1n) is 8.94. The highest BCUT2D eigenvalue weighted by Crippen LogP contribution is 2.23. The molecule has 1 fully saturated rings. The molecule has 3 heteroatoms. The van der Waals surface area contributed by atoms with Crippen molar-refractivity contribution in [1.29, 1.82) is 0 Å². The van der Waals surface area contributed by atoms with Gasteiger partial charge in [0, 0.05) is 31.4 Å². The van der Waals surface area contributed by atoms with Gasteiger partial charge in [-0.15, -0.1) is 0 Å². The Morgan fingerprint density at radius 2 is 1.54 bits per heavy atom. The SMILES string of the molecule is CCc1ccc(N2CCC(N(C)Cc3ccc(F)cc3)CC2)cc1. The predicted octanol–water partition coefficient (Wildman–Crippen LogP) is 4.49. The van der Waals surface area contributed by atoms with Gasteiger partial charge in [0.25, 0.3) is 0 Å². The van der Waals surface area contributed by atoms with Crippen molar-refractivity contribution < 1.29 is 4.39 Å². The number of halogens is 1. The molecule has 0 amide bonds. The second-order valence-corrected chi connectivity index (χ2v) is 6.78. The molecule has 0 unspecified atom stereocenters. The number of piperidine rings is 1. The maximum Gasteiger partial charge on any atom is 0.123 e.